The van der Waals surface area contributed by atoms with Crippen molar-refractivity contribution in [1.29, 1.82) is 0 Å². The monoisotopic (exact) mass is 341 g/mol. The van der Waals surface area contributed by atoms with E-state index in [1.165, 1.54) is 0 Å². The summed E-state index contributed by atoms with van der Waals surface area (Å²) in [6, 6.07) is 13.6. The first-order chi connectivity index (χ1) is 9.72. The van der Waals surface area contributed by atoms with Crippen LogP contribution in [0.2, 0.25) is 0 Å². The molecule has 2 aromatic rings. The van der Waals surface area contributed by atoms with E-state index >= 15 is 0 Å². The van der Waals surface area contributed by atoms with Crippen LogP contribution in [-0.4, -0.2) is 24.0 Å². The van der Waals surface area contributed by atoms with Crippen LogP contribution in [0, 0.1) is 6.92 Å². The summed E-state index contributed by atoms with van der Waals surface area (Å²) < 4.78 is 0. The smallest absolute Gasteiger partial charge is 0.253 e. The molecular weight excluding hydrogens is 321 g/mol. The Hall–Kier alpha value is -1.62. The van der Waals surface area contributed by atoms with Gasteiger partial charge in [-0.3, -0.25) is 9.78 Å². The number of rotatable bonds is 5. The van der Waals surface area contributed by atoms with Crippen molar-refractivity contribution in [1.82, 2.24) is 10.3 Å². The van der Waals surface area contributed by atoms with Gasteiger partial charge in [-0.05, 0) is 32.0 Å². The molecule has 0 spiro atoms. The molecule has 1 aromatic carbocycles. The summed E-state index contributed by atoms with van der Waals surface area (Å²) >= 11 is 0. The first kappa shape index (κ1) is 20.4. The van der Waals surface area contributed by atoms with Crippen LogP contribution in [0.15, 0.2) is 42.5 Å². The highest BCUT2D eigenvalue weighted by Crippen LogP contribution is 2.18. The van der Waals surface area contributed by atoms with E-state index in [1.807, 2.05) is 49.4 Å². The average Bonchev–Trinajstić information content (AvgIpc) is 2.48. The fourth-order valence-corrected chi connectivity index (χ4v) is 1.97. The lowest BCUT2D eigenvalue weighted by Gasteiger charge is -2.08. The van der Waals surface area contributed by atoms with E-state index in [-0.39, 0.29) is 30.7 Å². The second kappa shape index (κ2) is 10.2. The third kappa shape index (κ3) is 5.30. The fourth-order valence-electron chi connectivity index (χ4n) is 1.97. The van der Waals surface area contributed by atoms with Gasteiger partial charge in [0.05, 0.1) is 17.0 Å². The average molecular weight is 342 g/mol. The molecule has 0 saturated carbocycles. The van der Waals surface area contributed by atoms with Gasteiger partial charge in [-0.2, -0.15) is 0 Å². The Balaban J connectivity index is 0.00000220. The van der Waals surface area contributed by atoms with E-state index in [2.05, 4.69) is 10.3 Å². The van der Waals surface area contributed by atoms with Crippen LogP contribution < -0.4 is 11.1 Å². The maximum absolute atomic E-state index is 12.0. The molecule has 0 bridgehead atoms. The number of pyridine rings is 1. The Morgan fingerprint density at radius 3 is 2.41 bits per heavy atom. The van der Waals surface area contributed by atoms with Crippen LogP contribution in [0.4, 0.5) is 0 Å². The lowest BCUT2D eigenvalue weighted by molar-refractivity contribution is 0.0952. The highest BCUT2D eigenvalue weighted by Gasteiger charge is 2.10. The summed E-state index contributed by atoms with van der Waals surface area (Å²) in [7, 11) is 0. The molecule has 1 aromatic heterocycles. The largest absolute Gasteiger partial charge is 0.352 e. The molecule has 0 aliphatic rings. The van der Waals surface area contributed by atoms with Crippen LogP contribution in [0.25, 0.3) is 11.3 Å². The summed E-state index contributed by atoms with van der Waals surface area (Å²) in [6.07, 6.45) is 0.778. The number of nitrogens with two attached hydrogens (primary N) is 1. The Kier molecular flexibility index (Phi) is 9.42. The standard InChI is InChI=1S/C16H19N3O.2ClH/c1-12-14(16(20)18-11-5-10-17)8-9-15(19-12)13-6-3-2-4-7-13;;/h2-4,6-9H,5,10-11,17H2,1H3,(H,18,20);2*1H. The summed E-state index contributed by atoms with van der Waals surface area (Å²) in [6.45, 7) is 3.02. The SMILES string of the molecule is Cc1nc(-c2ccccc2)ccc1C(=O)NCCCN.Cl.Cl. The van der Waals surface area contributed by atoms with Crippen LogP contribution in [-0.2, 0) is 0 Å². The van der Waals surface area contributed by atoms with Gasteiger partial charge in [0, 0.05) is 12.1 Å². The van der Waals surface area contributed by atoms with Gasteiger partial charge in [-0.15, -0.1) is 24.8 Å². The minimum atomic E-state index is -0.0944. The predicted molar refractivity (Wildman–Crippen MR) is 94.9 cm³/mol. The van der Waals surface area contributed by atoms with E-state index in [9.17, 15) is 4.79 Å². The highest BCUT2D eigenvalue weighted by molar-refractivity contribution is 5.95. The summed E-state index contributed by atoms with van der Waals surface area (Å²) in [4.78, 5) is 16.5. The number of amides is 1. The van der Waals surface area contributed by atoms with Gasteiger partial charge >= 0.3 is 0 Å². The second-order valence-electron chi connectivity index (χ2n) is 4.59. The number of nitrogens with zero attached hydrogens (tertiary/aromatic N) is 1. The Bertz CT molecular complexity index is 591. The summed E-state index contributed by atoms with van der Waals surface area (Å²) in [5.74, 6) is -0.0944. The molecule has 4 nitrogen and oxygen atoms in total. The second-order valence-corrected chi connectivity index (χ2v) is 4.59. The molecule has 1 heterocycles. The lowest BCUT2D eigenvalue weighted by atomic mass is 10.1. The van der Waals surface area contributed by atoms with Gasteiger partial charge in [0.1, 0.15) is 0 Å². The van der Waals surface area contributed by atoms with E-state index in [0.29, 0.717) is 18.7 Å². The molecule has 0 radical (unpaired) electrons. The van der Waals surface area contributed by atoms with Gasteiger partial charge in [-0.1, -0.05) is 30.3 Å². The van der Waals surface area contributed by atoms with Gasteiger partial charge in [0.15, 0.2) is 0 Å². The Labute approximate surface area is 143 Å². The summed E-state index contributed by atoms with van der Waals surface area (Å²) in [5, 5.41) is 2.84. The predicted octanol–water partition coefficient (Wildman–Crippen LogP) is 2.98. The Morgan fingerprint density at radius 1 is 1.14 bits per heavy atom. The van der Waals surface area contributed by atoms with Crippen molar-refractivity contribution in [3.63, 3.8) is 0 Å². The maximum Gasteiger partial charge on any atom is 0.253 e. The Morgan fingerprint density at radius 2 is 1.82 bits per heavy atom. The van der Waals surface area contributed by atoms with Crippen molar-refractivity contribution in [2.24, 2.45) is 5.73 Å². The van der Waals surface area contributed by atoms with Crippen molar-refractivity contribution in [2.45, 2.75) is 13.3 Å². The summed E-state index contributed by atoms with van der Waals surface area (Å²) in [5.41, 5.74) is 8.67. The van der Waals surface area contributed by atoms with Crippen LogP contribution in [0.5, 0.6) is 0 Å². The number of halogens is 2. The molecule has 0 aliphatic carbocycles. The van der Waals surface area contributed by atoms with E-state index in [4.69, 9.17) is 5.73 Å². The fraction of sp³-hybridized carbons (Fsp3) is 0.250. The van der Waals surface area contributed by atoms with Crippen molar-refractivity contribution in [3.05, 3.63) is 53.7 Å². The van der Waals surface area contributed by atoms with Gasteiger partial charge < -0.3 is 11.1 Å². The molecule has 22 heavy (non-hydrogen) atoms. The number of aryl methyl sites for hydroxylation is 1. The number of benzene rings is 1. The molecule has 0 atom stereocenters. The number of hydrogen-bond donors (Lipinski definition) is 2. The number of aromatic nitrogens is 1. The van der Waals surface area contributed by atoms with Crippen molar-refractivity contribution in [3.8, 4) is 11.3 Å². The normalized spacial score (nSPS) is 9.36. The zero-order valence-electron chi connectivity index (χ0n) is 12.4. The quantitative estimate of drug-likeness (QED) is 0.821. The zero-order valence-corrected chi connectivity index (χ0v) is 14.0. The molecule has 3 N–H and O–H groups in total. The van der Waals surface area contributed by atoms with Gasteiger partial charge in [0.25, 0.3) is 5.91 Å². The molecule has 0 unspecified atom stereocenters. The minimum absolute atomic E-state index is 0. The topological polar surface area (TPSA) is 68.0 Å². The van der Waals surface area contributed by atoms with E-state index < -0.39 is 0 Å². The van der Waals surface area contributed by atoms with Crippen molar-refractivity contribution >= 4 is 30.7 Å². The third-order valence-corrected chi connectivity index (χ3v) is 3.07. The maximum atomic E-state index is 12.0. The molecule has 0 saturated heterocycles. The first-order valence-electron chi connectivity index (χ1n) is 6.73. The highest BCUT2D eigenvalue weighted by atomic mass is 35.5. The van der Waals surface area contributed by atoms with E-state index in [0.717, 1.165) is 23.4 Å². The molecule has 120 valence electrons. The molecular formula is C16H21Cl2N3O. The number of carbonyl (C=O) groups is 1. The molecule has 6 heteroatoms. The van der Waals surface area contributed by atoms with Crippen molar-refractivity contribution < 1.29 is 4.79 Å². The minimum Gasteiger partial charge on any atom is -0.352 e. The first-order valence-corrected chi connectivity index (χ1v) is 6.73. The van der Waals surface area contributed by atoms with E-state index in [1.54, 1.807) is 0 Å². The molecule has 0 fully saturated rings. The van der Waals surface area contributed by atoms with Gasteiger partial charge in [0.2, 0.25) is 0 Å². The van der Waals surface area contributed by atoms with Gasteiger partial charge in [-0.25, -0.2) is 0 Å². The molecule has 0 aliphatic heterocycles. The number of nitrogens with one attached hydrogen (secondary N) is 1. The van der Waals surface area contributed by atoms with Crippen molar-refractivity contribution in [2.75, 3.05) is 13.1 Å². The molecule has 2 rings (SSSR count). The third-order valence-electron chi connectivity index (χ3n) is 3.07. The number of carbonyl (C=O) groups excluding carboxylic acids is 1. The van der Waals surface area contributed by atoms with Crippen LogP contribution >= 0.6 is 24.8 Å². The zero-order chi connectivity index (χ0) is 14.4. The lowest BCUT2D eigenvalue weighted by Crippen LogP contribution is -2.26. The van der Waals surface area contributed by atoms with Crippen LogP contribution in [0.1, 0.15) is 22.5 Å². The van der Waals surface area contributed by atoms with Crippen LogP contribution in [0.3, 0.4) is 0 Å². The number of hydrogen-bond acceptors (Lipinski definition) is 3. The molecule has 1 amide bonds.